The van der Waals surface area contributed by atoms with E-state index in [9.17, 15) is 4.79 Å². The molecule has 150 valence electrons. The second-order valence-electron chi connectivity index (χ2n) is 6.53. The molecular weight excluding hydrogens is 416 g/mol. The second kappa shape index (κ2) is 9.61. The zero-order chi connectivity index (χ0) is 20.8. The molecule has 0 saturated heterocycles. The first-order chi connectivity index (χ1) is 14.7. The number of rotatable bonds is 7. The minimum Gasteiger partial charge on any atom is -0.346 e. The summed E-state index contributed by atoms with van der Waals surface area (Å²) < 4.78 is 2.21. The molecule has 0 aliphatic heterocycles. The van der Waals surface area contributed by atoms with Crippen LogP contribution in [0.5, 0.6) is 0 Å². The van der Waals surface area contributed by atoms with Crippen LogP contribution in [-0.4, -0.2) is 27.4 Å². The quantitative estimate of drug-likeness (QED) is 0.245. The molecule has 2 heterocycles. The van der Waals surface area contributed by atoms with Crippen LogP contribution in [0.1, 0.15) is 15.9 Å². The Bertz CT molecular complexity index is 1170. The Morgan fingerprint density at radius 2 is 1.87 bits per heavy atom. The van der Waals surface area contributed by atoms with E-state index >= 15 is 0 Å². The van der Waals surface area contributed by atoms with Gasteiger partial charge >= 0.3 is 0 Å². The van der Waals surface area contributed by atoms with Crippen LogP contribution in [0, 0.1) is 0 Å². The number of hydrazone groups is 1. The molecule has 2 aromatic carbocycles. The van der Waals surface area contributed by atoms with Crippen LogP contribution in [0.2, 0.25) is 5.02 Å². The maximum Gasteiger partial charge on any atom is 0.271 e. The van der Waals surface area contributed by atoms with E-state index in [0.29, 0.717) is 5.56 Å². The molecule has 1 N–H and O–H groups in total. The van der Waals surface area contributed by atoms with Gasteiger partial charge in [0, 0.05) is 62.8 Å². The molecule has 0 fully saturated rings. The molecule has 0 radical (unpaired) electrons. The van der Waals surface area contributed by atoms with Gasteiger partial charge in [-0.15, -0.1) is 11.8 Å². The predicted molar refractivity (Wildman–Crippen MR) is 123 cm³/mol. The maximum absolute atomic E-state index is 12.1. The van der Waals surface area contributed by atoms with Crippen LogP contribution in [0.4, 0.5) is 0 Å². The number of halogens is 1. The van der Waals surface area contributed by atoms with Crippen LogP contribution in [0.3, 0.4) is 0 Å². The Balaban J connectivity index is 1.45. The molecule has 7 heteroatoms. The van der Waals surface area contributed by atoms with E-state index in [1.165, 1.54) is 4.90 Å². The first kappa shape index (κ1) is 20.2. The van der Waals surface area contributed by atoms with Gasteiger partial charge in [0.1, 0.15) is 0 Å². The van der Waals surface area contributed by atoms with Crippen molar-refractivity contribution >= 4 is 46.4 Å². The van der Waals surface area contributed by atoms with Crippen LogP contribution in [-0.2, 0) is 6.54 Å². The van der Waals surface area contributed by atoms with Crippen molar-refractivity contribution < 1.29 is 4.79 Å². The molecule has 0 bridgehead atoms. The minimum atomic E-state index is -0.267. The van der Waals surface area contributed by atoms with Gasteiger partial charge in [0.25, 0.3) is 5.91 Å². The Labute approximate surface area is 183 Å². The summed E-state index contributed by atoms with van der Waals surface area (Å²) in [5, 5.41) is 5.98. The van der Waals surface area contributed by atoms with E-state index in [2.05, 4.69) is 38.4 Å². The number of aromatic nitrogens is 2. The molecule has 2 aromatic heterocycles. The predicted octanol–water partition coefficient (Wildman–Crippen LogP) is 5.25. The molecule has 5 nitrogen and oxygen atoms in total. The largest absolute Gasteiger partial charge is 0.346 e. The lowest BCUT2D eigenvalue weighted by molar-refractivity contribution is 0.0955. The fraction of sp³-hybridized carbons (Fsp3) is 0.0870. The lowest BCUT2D eigenvalue weighted by Gasteiger charge is -2.05. The van der Waals surface area contributed by atoms with Crippen molar-refractivity contribution in [2.45, 2.75) is 11.4 Å². The number of para-hydroxylation sites is 1. The van der Waals surface area contributed by atoms with Crippen LogP contribution < -0.4 is 5.43 Å². The summed E-state index contributed by atoms with van der Waals surface area (Å²) in [5.41, 5.74) is 5.18. The van der Waals surface area contributed by atoms with E-state index in [4.69, 9.17) is 11.6 Å². The third-order valence-corrected chi connectivity index (χ3v) is 5.79. The number of aryl methyl sites for hydroxylation is 1. The summed E-state index contributed by atoms with van der Waals surface area (Å²) in [5.74, 6) is 0.659. The number of amides is 1. The summed E-state index contributed by atoms with van der Waals surface area (Å²) >= 11 is 7.74. The topological polar surface area (TPSA) is 59.3 Å². The highest BCUT2D eigenvalue weighted by Gasteiger charge is 2.07. The molecule has 0 spiro atoms. The van der Waals surface area contributed by atoms with Crippen LogP contribution in [0.25, 0.3) is 10.9 Å². The average molecular weight is 435 g/mol. The number of pyridine rings is 1. The maximum atomic E-state index is 12.1. The molecule has 0 aliphatic rings. The van der Waals surface area contributed by atoms with E-state index in [-0.39, 0.29) is 5.91 Å². The lowest BCUT2D eigenvalue weighted by atomic mass is 10.2. The number of carbonyl (C=O) groups is 1. The molecule has 0 saturated carbocycles. The molecule has 0 atom stereocenters. The number of fused-ring (bicyclic) bond motifs is 1. The fourth-order valence-electron chi connectivity index (χ4n) is 3.08. The van der Waals surface area contributed by atoms with Gasteiger partial charge in [-0.1, -0.05) is 29.8 Å². The van der Waals surface area contributed by atoms with Crippen molar-refractivity contribution in [3.63, 3.8) is 0 Å². The van der Waals surface area contributed by atoms with Crippen molar-refractivity contribution in [2.24, 2.45) is 5.10 Å². The number of benzene rings is 2. The number of hydrogen-bond donors (Lipinski definition) is 1. The van der Waals surface area contributed by atoms with Gasteiger partial charge < -0.3 is 4.57 Å². The third kappa shape index (κ3) is 4.90. The first-order valence-corrected chi connectivity index (χ1v) is 10.8. The van der Waals surface area contributed by atoms with E-state index in [0.717, 1.165) is 33.8 Å². The van der Waals surface area contributed by atoms with Gasteiger partial charge in [0.05, 0.1) is 6.21 Å². The van der Waals surface area contributed by atoms with Gasteiger partial charge in [0.2, 0.25) is 0 Å². The number of nitrogens with one attached hydrogen (secondary N) is 1. The van der Waals surface area contributed by atoms with Gasteiger partial charge in [-0.3, -0.25) is 9.78 Å². The zero-order valence-electron chi connectivity index (χ0n) is 16.0. The Hall–Kier alpha value is -3.09. The summed E-state index contributed by atoms with van der Waals surface area (Å²) in [6.07, 6.45) is 6.90. The Morgan fingerprint density at radius 3 is 2.67 bits per heavy atom. The highest BCUT2D eigenvalue weighted by atomic mass is 35.5. The van der Waals surface area contributed by atoms with Gasteiger partial charge in [-0.2, -0.15) is 5.10 Å². The van der Waals surface area contributed by atoms with E-state index in [1.807, 2.05) is 36.4 Å². The molecule has 0 unspecified atom stereocenters. The van der Waals surface area contributed by atoms with Crippen molar-refractivity contribution in [1.82, 2.24) is 15.0 Å². The summed E-state index contributed by atoms with van der Waals surface area (Å²) in [4.78, 5) is 17.2. The number of thioether (sulfide) groups is 1. The van der Waals surface area contributed by atoms with Crippen molar-refractivity contribution in [2.75, 3.05) is 5.75 Å². The minimum absolute atomic E-state index is 0.267. The summed E-state index contributed by atoms with van der Waals surface area (Å²) in [6.45, 7) is 0.852. The Kier molecular flexibility index (Phi) is 6.47. The van der Waals surface area contributed by atoms with Crippen LogP contribution >= 0.6 is 23.4 Å². The zero-order valence-corrected chi connectivity index (χ0v) is 17.6. The molecule has 4 rings (SSSR count). The number of hydrogen-bond acceptors (Lipinski definition) is 4. The van der Waals surface area contributed by atoms with E-state index < -0.39 is 0 Å². The summed E-state index contributed by atoms with van der Waals surface area (Å²) in [7, 11) is 0. The second-order valence-corrected chi connectivity index (χ2v) is 8.14. The standard InChI is InChI=1S/C23H19ClN4OS/c24-19-5-7-20(8-6-19)30-14-13-28-16-18(21-3-1-2-4-22(21)28)15-26-27-23(29)17-9-11-25-12-10-17/h1-12,15-16H,13-14H2,(H,27,29). The molecule has 1 amide bonds. The monoisotopic (exact) mass is 434 g/mol. The SMILES string of the molecule is O=C(NN=Cc1cn(CCSc2ccc(Cl)cc2)c2ccccc12)c1ccncc1. The number of carbonyl (C=O) groups excluding carboxylic acids is 1. The fourth-order valence-corrected chi connectivity index (χ4v) is 4.06. The highest BCUT2D eigenvalue weighted by molar-refractivity contribution is 7.99. The third-order valence-electron chi connectivity index (χ3n) is 4.55. The number of nitrogens with zero attached hydrogens (tertiary/aromatic N) is 3. The normalized spacial score (nSPS) is 11.2. The van der Waals surface area contributed by atoms with Gasteiger partial charge in [0.15, 0.2) is 0 Å². The lowest BCUT2D eigenvalue weighted by Crippen LogP contribution is -2.17. The van der Waals surface area contributed by atoms with Crippen molar-refractivity contribution in [1.29, 1.82) is 0 Å². The smallest absolute Gasteiger partial charge is 0.271 e. The van der Waals surface area contributed by atoms with Crippen LogP contribution in [0.15, 0.2) is 89.3 Å². The van der Waals surface area contributed by atoms with Crippen molar-refractivity contribution in [3.05, 3.63) is 95.4 Å². The van der Waals surface area contributed by atoms with Crippen molar-refractivity contribution in [3.8, 4) is 0 Å². The molecular formula is C23H19ClN4OS. The van der Waals surface area contributed by atoms with Gasteiger partial charge in [-0.05, 0) is 42.5 Å². The molecule has 4 aromatic rings. The first-order valence-electron chi connectivity index (χ1n) is 9.40. The average Bonchev–Trinajstić information content (AvgIpc) is 3.13. The molecule has 0 aliphatic carbocycles. The molecule has 30 heavy (non-hydrogen) atoms. The summed E-state index contributed by atoms with van der Waals surface area (Å²) in [6, 6.07) is 19.4. The Morgan fingerprint density at radius 1 is 1.10 bits per heavy atom. The van der Waals surface area contributed by atoms with Gasteiger partial charge in [-0.25, -0.2) is 5.43 Å². The highest BCUT2D eigenvalue weighted by Crippen LogP contribution is 2.23. The van der Waals surface area contributed by atoms with E-state index in [1.54, 1.807) is 42.5 Å².